The molecule has 0 saturated carbocycles. The Hall–Kier alpha value is -2.46. The number of esters is 1. The second kappa shape index (κ2) is 8.58. The first-order valence-corrected chi connectivity index (χ1v) is 8.87. The van der Waals surface area contributed by atoms with Crippen LogP contribution >= 0.6 is 0 Å². The molecule has 138 valence electrons. The fourth-order valence-corrected chi connectivity index (χ4v) is 2.86. The number of sulfonamides is 1. The lowest BCUT2D eigenvalue weighted by Gasteiger charge is -2.17. The molecule has 9 nitrogen and oxygen atoms in total. The van der Waals surface area contributed by atoms with E-state index < -0.39 is 40.1 Å². The van der Waals surface area contributed by atoms with Crippen molar-refractivity contribution in [3.63, 3.8) is 0 Å². The minimum absolute atomic E-state index is 0.00292. The lowest BCUT2D eigenvalue weighted by atomic mass is 10.2. The number of hydrogen-bond acceptors (Lipinski definition) is 6. The first kappa shape index (κ1) is 20.6. The highest BCUT2D eigenvalue weighted by atomic mass is 32.2. The average molecular weight is 371 g/mol. The van der Waals surface area contributed by atoms with E-state index in [0.29, 0.717) is 0 Å². The number of urea groups is 1. The van der Waals surface area contributed by atoms with Crippen LogP contribution in [0.4, 0.5) is 4.79 Å². The molecule has 0 aromatic heterocycles. The molecule has 0 unspecified atom stereocenters. The number of ether oxygens (including phenoxy) is 1. The zero-order valence-electron chi connectivity index (χ0n) is 14.3. The van der Waals surface area contributed by atoms with Gasteiger partial charge < -0.3 is 10.1 Å². The van der Waals surface area contributed by atoms with Crippen LogP contribution in [-0.4, -0.2) is 45.5 Å². The van der Waals surface area contributed by atoms with E-state index in [1.165, 1.54) is 33.0 Å². The zero-order chi connectivity index (χ0) is 19.2. The molecule has 0 radical (unpaired) electrons. The molecule has 1 aromatic carbocycles. The van der Waals surface area contributed by atoms with E-state index in [1.54, 1.807) is 12.1 Å². The van der Waals surface area contributed by atoms with Crippen molar-refractivity contribution in [3.8, 4) is 0 Å². The van der Waals surface area contributed by atoms with Crippen LogP contribution in [0.25, 0.3) is 0 Å². The predicted molar refractivity (Wildman–Crippen MR) is 89.1 cm³/mol. The molecule has 0 aliphatic carbocycles. The highest BCUT2D eigenvalue weighted by Crippen LogP contribution is 2.11. The van der Waals surface area contributed by atoms with E-state index in [1.807, 2.05) is 12.2 Å². The van der Waals surface area contributed by atoms with E-state index in [4.69, 9.17) is 4.74 Å². The van der Waals surface area contributed by atoms with Crippen molar-refractivity contribution < 1.29 is 27.5 Å². The van der Waals surface area contributed by atoms with Crippen molar-refractivity contribution in [2.45, 2.75) is 37.8 Å². The van der Waals surface area contributed by atoms with Gasteiger partial charge in [-0.05, 0) is 32.9 Å². The number of carbonyl (C=O) groups excluding carboxylic acids is 3. The van der Waals surface area contributed by atoms with Gasteiger partial charge in [0.25, 0.3) is 5.91 Å². The van der Waals surface area contributed by atoms with Crippen LogP contribution in [-0.2, 0) is 24.3 Å². The normalized spacial score (nSPS) is 13.4. The van der Waals surface area contributed by atoms with Gasteiger partial charge in [0.15, 0.2) is 6.10 Å². The summed E-state index contributed by atoms with van der Waals surface area (Å²) in [7, 11) is -2.60. The van der Waals surface area contributed by atoms with Gasteiger partial charge in [0.05, 0.1) is 4.90 Å². The van der Waals surface area contributed by atoms with Crippen molar-refractivity contribution in [3.05, 3.63) is 29.8 Å². The molecule has 0 bridgehead atoms. The number of hydrogen-bond donors (Lipinski definition) is 3. The Labute approximate surface area is 146 Å². The first-order valence-electron chi connectivity index (χ1n) is 7.39. The van der Waals surface area contributed by atoms with Gasteiger partial charge in [-0.1, -0.05) is 17.7 Å². The summed E-state index contributed by atoms with van der Waals surface area (Å²) in [6.45, 7) is 4.36. The lowest BCUT2D eigenvalue weighted by molar-refractivity contribution is -0.155. The molecule has 0 saturated heterocycles. The minimum atomic E-state index is -3.92. The quantitative estimate of drug-likeness (QED) is 0.606. The van der Waals surface area contributed by atoms with E-state index >= 15 is 0 Å². The van der Waals surface area contributed by atoms with Crippen LogP contribution in [0.2, 0.25) is 0 Å². The zero-order valence-corrected chi connectivity index (χ0v) is 15.1. The molecule has 0 fully saturated rings. The van der Waals surface area contributed by atoms with Gasteiger partial charge in [0.1, 0.15) is 6.04 Å². The summed E-state index contributed by atoms with van der Waals surface area (Å²) in [4.78, 5) is 34.6. The fraction of sp³-hybridized carbons (Fsp3) is 0.400. The van der Waals surface area contributed by atoms with Crippen LogP contribution < -0.4 is 15.4 Å². The van der Waals surface area contributed by atoms with Crippen LogP contribution in [0.15, 0.2) is 29.2 Å². The van der Waals surface area contributed by atoms with Crippen LogP contribution in [0, 0.1) is 6.92 Å². The smallest absolute Gasteiger partial charge is 0.324 e. The van der Waals surface area contributed by atoms with E-state index in [2.05, 4.69) is 10.0 Å². The SMILES string of the molecule is CNC(=O)NC(=O)[C@H](C)OC(=O)[C@H](C)NS(=O)(=O)c1ccc(C)cc1. The molecule has 3 N–H and O–H groups in total. The molecule has 25 heavy (non-hydrogen) atoms. The maximum Gasteiger partial charge on any atom is 0.324 e. The molecule has 2 atom stereocenters. The Kier molecular flexibility index (Phi) is 7.07. The Morgan fingerprint density at radius 3 is 2.16 bits per heavy atom. The molecule has 0 aliphatic heterocycles. The van der Waals surface area contributed by atoms with E-state index in [-0.39, 0.29) is 4.90 Å². The molecular formula is C15H21N3O6S. The molecule has 3 amide bonds. The van der Waals surface area contributed by atoms with E-state index in [9.17, 15) is 22.8 Å². The largest absolute Gasteiger partial charge is 0.451 e. The maximum absolute atomic E-state index is 12.2. The third-order valence-corrected chi connectivity index (χ3v) is 4.70. The number of rotatable bonds is 6. The van der Waals surface area contributed by atoms with Gasteiger partial charge in [-0.2, -0.15) is 4.72 Å². The van der Waals surface area contributed by atoms with Gasteiger partial charge in [0, 0.05) is 7.05 Å². The number of aryl methyl sites for hydroxylation is 1. The Balaban J connectivity index is 2.68. The van der Waals surface area contributed by atoms with Crippen molar-refractivity contribution in [1.29, 1.82) is 0 Å². The highest BCUT2D eigenvalue weighted by Gasteiger charge is 2.26. The predicted octanol–water partition coefficient (Wildman–Crippen LogP) is 0.0491. The molecule has 0 spiro atoms. The van der Waals surface area contributed by atoms with Gasteiger partial charge in [-0.3, -0.25) is 14.9 Å². The van der Waals surface area contributed by atoms with Crippen molar-refractivity contribution in [1.82, 2.24) is 15.4 Å². The summed E-state index contributed by atoms with van der Waals surface area (Å²) in [6.07, 6.45) is -1.27. The number of benzene rings is 1. The second-order valence-corrected chi connectivity index (χ2v) is 7.02. The summed E-state index contributed by atoms with van der Waals surface area (Å²) in [5, 5.41) is 4.13. The lowest BCUT2D eigenvalue weighted by Crippen LogP contribution is -2.46. The average Bonchev–Trinajstić information content (AvgIpc) is 2.54. The second-order valence-electron chi connectivity index (χ2n) is 5.30. The Morgan fingerprint density at radius 2 is 1.64 bits per heavy atom. The highest BCUT2D eigenvalue weighted by molar-refractivity contribution is 7.89. The summed E-state index contributed by atoms with van der Waals surface area (Å²) >= 11 is 0. The topological polar surface area (TPSA) is 131 Å². The monoisotopic (exact) mass is 371 g/mol. The van der Waals surface area contributed by atoms with Gasteiger partial charge in [0.2, 0.25) is 10.0 Å². The molecule has 0 aliphatic rings. The molecule has 10 heteroatoms. The van der Waals surface area contributed by atoms with Crippen molar-refractivity contribution in [2.24, 2.45) is 0 Å². The van der Waals surface area contributed by atoms with E-state index in [0.717, 1.165) is 5.56 Å². The molecule has 1 aromatic rings. The van der Waals surface area contributed by atoms with Gasteiger partial charge >= 0.3 is 12.0 Å². The van der Waals surface area contributed by atoms with Crippen molar-refractivity contribution >= 4 is 27.9 Å². The summed E-state index contributed by atoms with van der Waals surface area (Å²) in [6, 6.07) is 4.11. The van der Waals surface area contributed by atoms with Crippen LogP contribution in [0.3, 0.4) is 0 Å². The maximum atomic E-state index is 12.2. The first-order chi connectivity index (χ1) is 11.6. The van der Waals surface area contributed by atoms with Crippen LogP contribution in [0.5, 0.6) is 0 Å². The van der Waals surface area contributed by atoms with Gasteiger partial charge in [-0.15, -0.1) is 0 Å². The number of imide groups is 1. The number of amides is 3. The van der Waals surface area contributed by atoms with Gasteiger partial charge in [-0.25, -0.2) is 13.2 Å². The Morgan fingerprint density at radius 1 is 1.08 bits per heavy atom. The third-order valence-electron chi connectivity index (χ3n) is 3.14. The third kappa shape index (κ3) is 6.16. The fourth-order valence-electron chi connectivity index (χ4n) is 1.67. The molecule has 0 heterocycles. The summed E-state index contributed by atoms with van der Waals surface area (Å²) in [5.41, 5.74) is 0.891. The summed E-state index contributed by atoms with van der Waals surface area (Å²) < 4.78 is 31.5. The minimum Gasteiger partial charge on any atom is -0.451 e. The number of nitrogens with one attached hydrogen (secondary N) is 3. The summed E-state index contributed by atoms with van der Waals surface area (Å²) in [5.74, 6) is -1.78. The molecule has 1 rings (SSSR count). The standard InChI is InChI=1S/C15H21N3O6S/c1-9-5-7-12(8-6-9)25(22,23)18-10(2)14(20)24-11(3)13(19)17-15(21)16-4/h5-8,10-11,18H,1-4H3,(H2,16,17,19,21)/t10-,11-/m0/s1. The van der Waals surface area contributed by atoms with Crippen LogP contribution in [0.1, 0.15) is 19.4 Å². The molecular weight excluding hydrogens is 350 g/mol. The Bertz CT molecular complexity index is 745. The number of carbonyl (C=O) groups is 3. The van der Waals surface area contributed by atoms with Crippen molar-refractivity contribution in [2.75, 3.05) is 7.05 Å².